The smallest absolute Gasteiger partial charge is 0.228 e. The van der Waals surface area contributed by atoms with E-state index < -0.39 is 0 Å². The predicted molar refractivity (Wildman–Crippen MR) is 99.1 cm³/mol. The van der Waals surface area contributed by atoms with Gasteiger partial charge in [0, 0.05) is 30.1 Å². The molecule has 1 heterocycles. The van der Waals surface area contributed by atoms with Gasteiger partial charge in [-0.3, -0.25) is 4.79 Å². The van der Waals surface area contributed by atoms with E-state index in [1.807, 2.05) is 29.6 Å². The van der Waals surface area contributed by atoms with Gasteiger partial charge in [-0.05, 0) is 12.1 Å². The minimum Gasteiger partial charge on any atom is -0.341 e. The van der Waals surface area contributed by atoms with E-state index in [1.165, 1.54) is 22.3 Å². The van der Waals surface area contributed by atoms with E-state index in [-0.39, 0.29) is 24.7 Å². The number of nitrogens with zero attached hydrogens (tertiary/aromatic N) is 2. The Morgan fingerprint density at radius 2 is 1.92 bits per heavy atom. The van der Waals surface area contributed by atoms with Gasteiger partial charge in [0.1, 0.15) is 10.8 Å². The number of aromatic nitrogens is 1. The summed E-state index contributed by atoms with van der Waals surface area (Å²) in [6.07, 6.45) is 0.173. The van der Waals surface area contributed by atoms with Crippen molar-refractivity contribution in [2.75, 3.05) is 7.05 Å². The molecule has 0 saturated carbocycles. The van der Waals surface area contributed by atoms with E-state index in [1.54, 1.807) is 25.2 Å². The first-order valence-corrected chi connectivity index (χ1v) is 8.97. The molecule has 1 aromatic heterocycles. The lowest BCUT2D eigenvalue weighted by Crippen LogP contribution is -2.28. The van der Waals surface area contributed by atoms with Crippen molar-refractivity contribution in [3.05, 3.63) is 76.0 Å². The second kappa shape index (κ2) is 7.76. The summed E-state index contributed by atoms with van der Waals surface area (Å²) in [7, 11) is 1.66. The molecule has 0 bridgehead atoms. The molecule has 0 radical (unpaired) electrons. The van der Waals surface area contributed by atoms with Gasteiger partial charge in [0.25, 0.3) is 0 Å². The number of thiazole rings is 1. The van der Waals surface area contributed by atoms with Crippen LogP contribution in [0, 0.1) is 5.82 Å². The van der Waals surface area contributed by atoms with Gasteiger partial charge in [-0.2, -0.15) is 0 Å². The second-order valence-electron chi connectivity index (χ2n) is 5.64. The maximum atomic E-state index is 13.7. The highest BCUT2D eigenvalue weighted by Crippen LogP contribution is 2.30. The largest absolute Gasteiger partial charge is 0.341 e. The fourth-order valence-electron chi connectivity index (χ4n) is 2.41. The minimum atomic E-state index is -0.309. The normalized spacial score (nSPS) is 10.7. The van der Waals surface area contributed by atoms with Crippen molar-refractivity contribution in [2.24, 2.45) is 0 Å². The van der Waals surface area contributed by atoms with Crippen molar-refractivity contribution in [1.29, 1.82) is 0 Å². The highest BCUT2D eigenvalue weighted by atomic mass is 35.5. The third-order valence-corrected chi connectivity index (χ3v) is 5.03. The Morgan fingerprint density at radius 3 is 2.68 bits per heavy atom. The van der Waals surface area contributed by atoms with Crippen LogP contribution in [0.3, 0.4) is 0 Å². The molecule has 0 aliphatic heterocycles. The summed E-state index contributed by atoms with van der Waals surface area (Å²) in [6, 6.07) is 13.9. The maximum absolute atomic E-state index is 13.7. The number of amides is 1. The van der Waals surface area contributed by atoms with Crippen molar-refractivity contribution >= 4 is 28.8 Å². The zero-order valence-corrected chi connectivity index (χ0v) is 15.1. The van der Waals surface area contributed by atoms with Crippen molar-refractivity contribution < 1.29 is 9.18 Å². The number of carbonyl (C=O) groups excluding carboxylic acids is 1. The van der Waals surface area contributed by atoms with Gasteiger partial charge in [0.2, 0.25) is 5.91 Å². The molecule has 0 N–H and O–H groups in total. The second-order valence-corrected chi connectivity index (χ2v) is 6.91. The number of likely N-dealkylation sites (N-methyl/N-ethyl adjacent to an activating group) is 1. The van der Waals surface area contributed by atoms with Gasteiger partial charge < -0.3 is 4.90 Å². The standard InChI is InChI=1S/C19H16ClFN2OS/c1-23(11-13-6-2-5-9-17(13)21)18(24)10-14-12-25-19(22-14)15-7-3-4-8-16(15)20/h2-9,12H,10-11H2,1H3. The van der Waals surface area contributed by atoms with Crippen LogP contribution < -0.4 is 0 Å². The topological polar surface area (TPSA) is 33.2 Å². The van der Waals surface area contributed by atoms with Crippen LogP contribution in [0.5, 0.6) is 0 Å². The zero-order chi connectivity index (χ0) is 17.8. The monoisotopic (exact) mass is 374 g/mol. The molecule has 0 aliphatic carbocycles. The number of hydrogen-bond donors (Lipinski definition) is 0. The van der Waals surface area contributed by atoms with Crippen molar-refractivity contribution in [3.63, 3.8) is 0 Å². The van der Waals surface area contributed by atoms with Crippen molar-refractivity contribution in [3.8, 4) is 10.6 Å². The summed E-state index contributed by atoms with van der Waals surface area (Å²) in [5, 5.41) is 3.27. The van der Waals surface area contributed by atoms with Crippen LogP contribution in [0.2, 0.25) is 5.02 Å². The molecule has 0 spiro atoms. The quantitative estimate of drug-likeness (QED) is 0.642. The number of hydrogen-bond acceptors (Lipinski definition) is 3. The molecule has 0 unspecified atom stereocenters. The maximum Gasteiger partial charge on any atom is 0.228 e. The molecule has 6 heteroatoms. The summed E-state index contributed by atoms with van der Waals surface area (Å²) in [6.45, 7) is 0.229. The molecule has 0 aliphatic rings. The Labute approximate surface area is 154 Å². The number of carbonyl (C=O) groups is 1. The average Bonchev–Trinajstić information content (AvgIpc) is 3.05. The molecule has 128 valence electrons. The summed E-state index contributed by atoms with van der Waals surface area (Å²) >= 11 is 7.64. The van der Waals surface area contributed by atoms with Crippen LogP contribution in [0.15, 0.2) is 53.9 Å². The molecule has 0 saturated heterocycles. The molecule has 0 atom stereocenters. The summed E-state index contributed by atoms with van der Waals surface area (Å²) in [5.74, 6) is -0.420. The highest BCUT2D eigenvalue weighted by molar-refractivity contribution is 7.13. The van der Waals surface area contributed by atoms with E-state index in [2.05, 4.69) is 4.98 Å². The molecular formula is C19H16ClFN2OS. The van der Waals surface area contributed by atoms with Gasteiger partial charge in [-0.1, -0.05) is 48.0 Å². The van der Waals surface area contributed by atoms with Crippen LogP contribution in [0.25, 0.3) is 10.6 Å². The Kier molecular flexibility index (Phi) is 5.46. The van der Waals surface area contributed by atoms with Crippen molar-refractivity contribution in [2.45, 2.75) is 13.0 Å². The van der Waals surface area contributed by atoms with Crippen molar-refractivity contribution in [1.82, 2.24) is 9.88 Å². The fraction of sp³-hybridized carbons (Fsp3) is 0.158. The van der Waals surface area contributed by atoms with Crippen LogP contribution >= 0.6 is 22.9 Å². The van der Waals surface area contributed by atoms with Gasteiger partial charge in [0.05, 0.1) is 17.1 Å². The SMILES string of the molecule is CN(Cc1ccccc1F)C(=O)Cc1csc(-c2ccccc2Cl)n1. The Balaban J connectivity index is 1.67. The van der Waals surface area contributed by atoms with Crippen LogP contribution in [-0.4, -0.2) is 22.8 Å². The lowest BCUT2D eigenvalue weighted by atomic mass is 10.2. The zero-order valence-electron chi connectivity index (χ0n) is 13.6. The summed E-state index contributed by atoms with van der Waals surface area (Å²) in [5.41, 5.74) is 2.03. The van der Waals surface area contributed by atoms with Crippen LogP contribution in [-0.2, 0) is 17.8 Å². The Hall–Kier alpha value is -2.24. The third kappa shape index (κ3) is 4.24. The van der Waals surface area contributed by atoms with Crippen LogP contribution in [0.4, 0.5) is 4.39 Å². The molecule has 25 heavy (non-hydrogen) atoms. The Bertz CT molecular complexity index is 896. The molecule has 3 rings (SSSR count). The molecule has 2 aromatic carbocycles. The fourth-order valence-corrected chi connectivity index (χ4v) is 3.55. The lowest BCUT2D eigenvalue weighted by Gasteiger charge is -2.17. The minimum absolute atomic E-state index is 0.112. The van der Waals surface area contributed by atoms with E-state index >= 15 is 0 Å². The van der Waals surface area contributed by atoms with Gasteiger partial charge in [0.15, 0.2) is 0 Å². The van der Waals surface area contributed by atoms with Gasteiger partial charge in [-0.25, -0.2) is 9.37 Å². The predicted octanol–water partition coefficient (Wildman–Crippen LogP) is 4.80. The highest BCUT2D eigenvalue weighted by Gasteiger charge is 2.15. The van der Waals surface area contributed by atoms with E-state index in [4.69, 9.17) is 11.6 Å². The number of benzene rings is 2. The number of rotatable bonds is 5. The molecule has 0 fully saturated rings. The summed E-state index contributed by atoms with van der Waals surface area (Å²) in [4.78, 5) is 18.4. The first-order valence-electron chi connectivity index (χ1n) is 7.71. The molecule has 1 amide bonds. The molecule has 3 nitrogen and oxygen atoms in total. The van der Waals surface area contributed by atoms with Gasteiger partial charge in [-0.15, -0.1) is 11.3 Å². The van der Waals surface area contributed by atoms with E-state index in [0.717, 1.165) is 10.6 Å². The first-order chi connectivity index (χ1) is 12.0. The van der Waals surface area contributed by atoms with Crippen LogP contribution in [0.1, 0.15) is 11.3 Å². The van der Waals surface area contributed by atoms with E-state index in [9.17, 15) is 9.18 Å². The number of halogens is 2. The average molecular weight is 375 g/mol. The third-order valence-electron chi connectivity index (χ3n) is 3.78. The summed E-state index contributed by atoms with van der Waals surface area (Å²) < 4.78 is 13.7. The lowest BCUT2D eigenvalue weighted by molar-refractivity contribution is -0.129. The van der Waals surface area contributed by atoms with Gasteiger partial charge >= 0.3 is 0 Å². The molecule has 3 aromatic rings. The van der Waals surface area contributed by atoms with E-state index in [0.29, 0.717) is 16.3 Å². The Morgan fingerprint density at radius 1 is 1.20 bits per heavy atom. The molecular weight excluding hydrogens is 359 g/mol. The first kappa shape index (κ1) is 17.6.